The zero-order chi connectivity index (χ0) is 15.5. The predicted octanol–water partition coefficient (Wildman–Crippen LogP) is -1.51. The molecule has 8 nitrogen and oxygen atoms in total. The largest absolute Gasteiger partial charge is 0.330 e. The fraction of sp³-hybridized carbons (Fsp3) is 0.636. The molecule has 0 amide bonds. The van der Waals surface area contributed by atoms with Crippen LogP contribution in [0.5, 0.6) is 0 Å². The maximum Gasteiger partial charge on any atom is 0.330 e. The van der Waals surface area contributed by atoms with E-state index in [-0.39, 0.29) is 12.6 Å². The van der Waals surface area contributed by atoms with Gasteiger partial charge in [-0.25, -0.2) is 17.9 Å². The van der Waals surface area contributed by atoms with E-state index in [1.54, 1.807) is 0 Å². The normalized spacial score (nSPS) is 13.4. The van der Waals surface area contributed by atoms with Gasteiger partial charge in [0.25, 0.3) is 5.56 Å². The molecule has 1 aromatic rings. The fourth-order valence-electron chi connectivity index (χ4n) is 1.73. The lowest BCUT2D eigenvalue weighted by Gasteiger charge is -2.12. The van der Waals surface area contributed by atoms with Crippen molar-refractivity contribution in [1.82, 2.24) is 13.9 Å². The molecule has 0 saturated carbocycles. The summed E-state index contributed by atoms with van der Waals surface area (Å²) < 4.78 is 28.3. The summed E-state index contributed by atoms with van der Waals surface area (Å²) in [5.74, 6) is 0. The van der Waals surface area contributed by atoms with Crippen molar-refractivity contribution in [3.8, 4) is 0 Å². The molecule has 1 aromatic heterocycles. The Kier molecular flexibility index (Phi) is 5.26. The summed E-state index contributed by atoms with van der Waals surface area (Å²) in [6.07, 6.45) is 2.52. The van der Waals surface area contributed by atoms with Crippen molar-refractivity contribution in [3.05, 3.63) is 27.0 Å². The average Bonchev–Trinajstić information content (AvgIpc) is 2.38. The van der Waals surface area contributed by atoms with Crippen LogP contribution in [0, 0.1) is 0 Å². The minimum absolute atomic E-state index is 0.0438. The van der Waals surface area contributed by atoms with Crippen LogP contribution in [-0.4, -0.2) is 30.1 Å². The smallest absolute Gasteiger partial charge is 0.327 e. The maximum absolute atomic E-state index is 12.1. The number of nitrogens with two attached hydrogens (primary N) is 1. The van der Waals surface area contributed by atoms with E-state index in [9.17, 15) is 18.0 Å². The first kappa shape index (κ1) is 16.6. The van der Waals surface area contributed by atoms with Gasteiger partial charge < -0.3 is 10.3 Å². The van der Waals surface area contributed by atoms with Gasteiger partial charge >= 0.3 is 5.69 Å². The maximum atomic E-state index is 12.1. The molecule has 114 valence electrons. The van der Waals surface area contributed by atoms with E-state index in [0.29, 0.717) is 6.42 Å². The number of aromatic nitrogens is 2. The Morgan fingerprint density at radius 3 is 2.50 bits per heavy atom. The van der Waals surface area contributed by atoms with Crippen molar-refractivity contribution in [1.29, 1.82) is 0 Å². The van der Waals surface area contributed by atoms with Crippen LogP contribution < -0.4 is 21.7 Å². The Hall–Kier alpha value is -1.45. The molecular formula is C11H20N4O4S. The Balaban J connectivity index is 3.12. The highest BCUT2D eigenvalue weighted by Crippen LogP contribution is 2.01. The van der Waals surface area contributed by atoms with E-state index in [1.807, 2.05) is 6.92 Å². The van der Waals surface area contributed by atoms with E-state index < -0.39 is 26.2 Å². The lowest BCUT2D eigenvalue weighted by atomic mass is 10.2. The number of rotatable bonds is 6. The highest BCUT2D eigenvalue weighted by Gasteiger charge is 2.21. The molecule has 0 aromatic carbocycles. The Bertz CT molecular complexity index is 689. The Morgan fingerprint density at radius 1 is 1.35 bits per heavy atom. The molecule has 1 unspecified atom stereocenters. The summed E-state index contributed by atoms with van der Waals surface area (Å²) >= 11 is 0. The van der Waals surface area contributed by atoms with Gasteiger partial charge in [-0.15, -0.1) is 0 Å². The van der Waals surface area contributed by atoms with Crippen LogP contribution >= 0.6 is 0 Å². The average molecular weight is 304 g/mol. The first-order valence-corrected chi connectivity index (χ1v) is 7.71. The van der Waals surface area contributed by atoms with Gasteiger partial charge in [0.05, 0.1) is 0 Å². The minimum atomic E-state index is -3.99. The molecular weight excluding hydrogens is 284 g/mol. The number of hydrogen-bond acceptors (Lipinski definition) is 5. The van der Waals surface area contributed by atoms with Gasteiger partial charge in [-0.3, -0.25) is 9.36 Å². The highest BCUT2D eigenvalue weighted by atomic mass is 32.2. The van der Waals surface area contributed by atoms with E-state index in [2.05, 4.69) is 4.72 Å². The minimum Gasteiger partial charge on any atom is -0.327 e. The topological polar surface area (TPSA) is 116 Å². The molecule has 1 heterocycles. The highest BCUT2D eigenvalue weighted by molar-refractivity contribution is 7.89. The monoisotopic (exact) mass is 304 g/mol. The zero-order valence-electron chi connectivity index (χ0n) is 11.8. The standard InChI is InChI=1S/C11H20N4O4S/c1-4-5-8(12)6-13-20(18,19)9-7-14(2)11(17)15(3)10(9)16/h7-8,13H,4-6,12H2,1-3H3. The second-order valence-corrected chi connectivity index (χ2v) is 6.39. The van der Waals surface area contributed by atoms with E-state index >= 15 is 0 Å². The molecule has 3 N–H and O–H groups in total. The molecule has 0 bridgehead atoms. The molecule has 1 atom stereocenters. The van der Waals surface area contributed by atoms with Crippen LogP contribution in [0.15, 0.2) is 20.7 Å². The lowest BCUT2D eigenvalue weighted by molar-refractivity contribution is 0.547. The van der Waals surface area contributed by atoms with Gasteiger partial charge in [-0.1, -0.05) is 13.3 Å². The summed E-state index contributed by atoms with van der Waals surface area (Å²) in [5, 5.41) is 0. The third kappa shape index (κ3) is 3.56. The van der Waals surface area contributed by atoms with E-state index in [1.165, 1.54) is 14.1 Å². The van der Waals surface area contributed by atoms with Crippen LogP contribution in [0.3, 0.4) is 0 Å². The number of nitrogens with one attached hydrogen (secondary N) is 1. The molecule has 0 aliphatic heterocycles. The first-order valence-electron chi connectivity index (χ1n) is 6.22. The first-order chi connectivity index (χ1) is 9.20. The molecule has 0 saturated heterocycles. The van der Waals surface area contributed by atoms with Crippen molar-refractivity contribution in [2.24, 2.45) is 19.8 Å². The summed E-state index contributed by atoms with van der Waals surface area (Å²) in [5.41, 5.74) is 4.28. The molecule has 0 radical (unpaired) electrons. The number of nitrogens with zero attached hydrogens (tertiary/aromatic N) is 2. The van der Waals surface area contributed by atoms with Crippen LogP contribution in [0.25, 0.3) is 0 Å². The van der Waals surface area contributed by atoms with Gasteiger partial charge in [0.2, 0.25) is 10.0 Å². The second-order valence-electron chi connectivity index (χ2n) is 4.65. The van der Waals surface area contributed by atoms with Crippen molar-refractivity contribution in [3.63, 3.8) is 0 Å². The van der Waals surface area contributed by atoms with Crippen LogP contribution in [-0.2, 0) is 24.1 Å². The Morgan fingerprint density at radius 2 is 1.95 bits per heavy atom. The van der Waals surface area contributed by atoms with Crippen LogP contribution in [0.2, 0.25) is 0 Å². The third-order valence-corrected chi connectivity index (χ3v) is 4.31. The van der Waals surface area contributed by atoms with Gasteiger partial charge in [0.15, 0.2) is 4.90 Å². The lowest BCUT2D eigenvalue weighted by Crippen LogP contribution is -2.43. The Labute approximate surface area is 117 Å². The predicted molar refractivity (Wildman–Crippen MR) is 75.0 cm³/mol. The van der Waals surface area contributed by atoms with E-state index in [0.717, 1.165) is 21.8 Å². The number of sulfonamides is 1. The fourth-order valence-corrected chi connectivity index (χ4v) is 2.98. The van der Waals surface area contributed by atoms with Crippen molar-refractivity contribution >= 4 is 10.0 Å². The summed E-state index contributed by atoms with van der Waals surface area (Å²) in [6, 6.07) is -0.314. The van der Waals surface area contributed by atoms with Crippen molar-refractivity contribution in [2.45, 2.75) is 30.7 Å². The van der Waals surface area contributed by atoms with Crippen LogP contribution in [0.4, 0.5) is 0 Å². The summed E-state index contributed by atoms with van der Waals surface area (Å²) in [6.45, 7) is 1.99. The second kappa shape index (κ2) is 6.33. The molecule has 9 heteroatoms. The van der Waals surface area contributed by atoms with Gasteiger partial charge in [0, 0.05) is 32.9 Å². The number of hydrogen-bond donors (Lipinski definition) is 2. The van der Waals surface area contributed by atoms with Crippen molar-refractivity contribution < 1.29 is 8.42 Å². The van der Waals surface area contributed by atoms with Gasteiger partial charge in [0.1, 0.15) is 0 Å². The SMILES string of the molecule is CCCC(N)CNS(=O)(=O)c1cn(C)c(=O)n(C)c1=O. The summed E-state index contributed by atoms with van der Waals surface area (Å²) in [7, 11) is -1.38. The zero-order valence-corrected chi connectivity index (χ0v) is 12.6. The molecule has 0 aliphatic rings. The third-order valence-electron chi connectivity index (χ3n) is 2.90. The summed E-state index contributed by atoms with van der Waals surface area (Å²) in [4.78, 5) is 22.9. The van der Waals surface area contributed by atoms with Crippen molar-refractivity contribution in [2.75, 3.05) is 6.54 Å². The molecule has 0 aliphatic carbocycles. The van der Waals surface area contributed by atoms with E-state index in [4.69, 9.17) is 5.73 Å². The molecule has 0 fully saturated rings. The van der Waals surface area contributed by atoms with Gasteiger partial charge in [-0.05, 0) is 6.42 Å². The molecule has 0 spiro atoms. The molecule has 20 heavy (non-hydrogen) atoms. The van der Waals surface area contributed by atoms with Gasteiger partial charge in [-0.2, -0.15) is 0 Å². The number of aryl methyl sites for hydroxylation is 1. The molecule has 1 rings (SSSR count). The van der Waals surface area contributed by atoms with Crippen LogP contribution in [0.1, 0.15) is 19.8 Å². The quantitative estimate of drug-likeness (QED) is 0.663.